The van der Waals surface area contributed by atoms with Gasteiger partial charge in [0.05, 0.1) is 67.8 Å². The lowest BCUT2D eigenvalue weighted by Crippen LogP contribution is -2.05. The maximum atomic E-state index is 6.84. The standard InChI is InChI=1S/C42H54O6S5/c1-7-13-19-43-31-33(45-21-15-9-3)39-27-25-26-28-30-29(27)41(52-50-39)35(47-23-17-11-5)36(48-24-18-12-6)42(30)53-51-40(28)34(46-22-16-10-4)32(44-20-14-8-2)38(26)49-37(25)31/h7-24H2,1-6H3. The molecule has 7 aromatic rings. The molecular weight excluding hydrogens is 761 g/mol. The Kier molecular flexibility index (Phi) is 13.2. The van der Waals surface area contributed by atoms with Gasteiger partial charge in [0, 0.05) is 32.3 Å². The maximum absolute atomic E-state index is 6.84. The summed E-state index contributed by atoms with van der Waals surface area (Å²) in [6.07, 6.45) is 12.3. The van der Waals surface area contributed by atoms with Gasteiger partial charge < -0.3 is 28.4 Å². The molecule has 4 aromatic carbocycles. The molecular formula is C42H54O6S5. The van der Waals surface area contributed by atoms with Gasteiger partial charge in [-0.25, -0.2) is 0 Å². The quantitative estimate of drug-likeness (QED) is 0.0262. The normalized spacial score (nSPS) is 12.2. The SMILES string of the molecule is CCCCOc1c(OCCCC)c2ssc3c(OCCCC)c(OCCCC)c4sc5c(OCCCC)c(OCCCC)c6ssc1c1c2c3c4c5c61. The lowest BCUT2D eigenvalue weighted by atomic mass is 9.92. The van der Waals surface area contributed by atoms with Gasteiger partial charge >= 0.3 is 0 Å². The van der Waals surface area contributed by atoms with Crippen LogP contribution >= 0.6 is 52.7 Å². The average molecular weight is 815 g/mol. The summed E-state index contributed by atoms with van der Waals surface area (Å²) in [6.45, 7) is 17.2. The van der Waals surface area contributed by atoms with Crippen LogP contribution in [0.3, 0.4) is 0 Å². The Balaban J connectivity index is 1.67. The van der Waals surface area contributed by atoms with E-state index >= 15 is 0 Å². The molecule has 0 radical (unpaired) electrons. The molecule has 11 heteroatoms. The van der Waals surface area contributed by atoms with E-state index in [-0.39, 0.29) is 0 Å². The van der Waals surface area contributed by atoms with Gasteiger partial charge in [0.1, 0.15) is 0 Å². The van der Waals surface area contributed by atoms with E-state index in [0.717, 1.165) is 140 Å². The Morgan fingerprint density at radius 3 is 0.679 bits per heavy atom. The van der Waals surface area contributed by atoms with Crippen molar-refractivity contribution in [3.63, 3.8) is 0 Å². The zero-order valence-corrected chi connectivity index (χ0v) is 36.3. The molecule has 3 heterocycles. The molecule has 0 amide bonds. The molecule has 6 nitrogen and oxygen atoms in total. The van der Waals surface area contributed by atoms with Crippen LogP contribution in [0.4, 0.5) is 0 Å². The van der Waals surface area contributed by atoms with Crippen LogP contribution in [-0.4, -0.2) is 39.6 Å². The summed E-state index contributed by atoms with van der Waals surface area (Å²) < 4.78 is 47.9. The van der Waals surface area contributed by atoms with E-state index in [9.17, 15) is 0 Å². The van der Waals surface area contributed by atoms with Gasteiger partial charge in [-0.1, -0.05) is 121 Å². The Morgan fingerprint density at radius 2 is 0.472 bits per heavy atom. The number of rotatable bonds is 24. The van der Waals surface area contributed by atoms with E-state index < -0.39 is 0 Å². The lowest BCUT2D eigenvalue weighted by molar-refractivity contribution is 0.267. The van der Waals surface area contributed by atoms with Crippen LogP contribution in [0.25, 0.3) is 60.5 Å². The minimum absolute atomic E-state index is 0.649. The summed E-state index contributed by atoms with van der Waals surface area (Å²) in [5.41, 5.74) is 0. The van der Waals surface area contributed by atoms with Gasteiger partial charge in [0.15, 0.2) is 34.5 Å². The molecule has 0 atom stereocenters. The van der Waals surface area contributed by atoms with E-state index in [1.807, 2.05) is 0 Å². The third kappa shape index (κ3) is 7.11. The van der Waals surface area contributed by atoms with Crippen molar-refractivity contribution in [3.8, 4) is 34.5 Å². The van der Waals surface area contributed by atoms with Crippen LogP contribution in [0, 0.1) is 0 Å². The largest absolute Gasteiger partial charge is 0.488 e. The number of benzene rings is 4. The Bertz CT molecular complexity index is 2090. The summed E-state index contributed by atoms with van der Waals surface area (Å²) >= 11 is 1.79. The van der Waals surface area contributed by atoms with Crippen LogP contribution in [0.2, 0.25) is 0 Å². The summed E-state index contributed by atoms with van der Waals surface area (Å²) in [6, 6.07) is 0. The minimum Gasteiger partial charge on any atom is -0.488 e. The zero-order chi connectivity index (χ0) is 36.9. The highest BCUT2D eigenvalue weighted by molar-refractivity contribution is 7.75. The molecule has 0 N–H and O–H groups in total. The van der Waals surface area contributed by atoms with Crippen LogP contribution in [-0.2, 0) is 0 Å². The van der Waals surface area contributed by atoms with E-state index in [1.165, 1.54) is 32.3 Å². The fraction of sp³-hybridized carbons (Fsp3) is 0.571. The summed E-state index contributed by atoms with van der Waals surface area (Å²) in [5.74, 6) is 5.30. The van der Waals surface area contributed by atoms with Crippen molar-refractivity contribution in [2.75, 3.05) is 39.6 Å². The highest BCUT2D eigenvalue weighted by Crippen LogP contribution is 2.65. The van der Waals surface area contributed by atoms with Crippen LogP contribution < -0.4 is 28.4 Å². The molecule has 7 rings (SSSR count). The first-order valence-corrected chi connectivity index (χ1v) is 25.1. The molecule has 0 saturated heterocycles. The zero-order valence-electron chi connectivity index (χ0n) is 32.2. The van der Waals surface area contributed by atoms with E-state index in [1.54, 1.807) is 52.7 Å². The number of ether oxygens (including phenoxy) is 6. The summed E-state index contributed by atoms with van der Waals surface area (Å²) in [7, 11) is 7.15. The molecule has 53 heavy (non-hydrogen) atoms. The second kappa shape index (κ2) is 18.0. The first kappa shape index (κ1) is 38.8. The number of hydrogen-bond donors (Lipinski definition) is 0. The maximum Gasteiger partial charge on any atom is 0.181 e. The van der Waals surface area contributed by atoms with Gasteiger partial charge in [-0.3, -0.25) is 0 Å². The van der Waals surface area contributed by atoms with Gasteiger partial charge in [0.25, 0.3) is 0 Å². The monoisotopic (exact) mass is 814 g/mol. The molecule has 0 aliphatic rings. The van der Waals surface area contributed by atoms with Gasteiger partial charge in [-0.2, -0.15) is 0 Å². The Morgan fingerprint density at radius 1 is 0.283 bits per heavy atom. The molecule has 0 unspecified atom stereocenters. The van der Waals surface area contributed by atoms with Crippen LogP contribution in [0.5, 0.6) is 34.5 Å². The molecule has 0 fully saturated rings. The molecule has 0 aliphatic heterocycles. The summed E-state index contributed by atoms with van der Waals surface area (Å²) in [5, 5.41) is 7.51. The van der Waals surface area contributed by atoms with Crippen molar-refractivity contribution in [2.24, 2.45) is 0 Å². The fourth-order valence-corrected chi connectivity index (χ4v) is 13.5. The Labute approximate surface area is 332 Å². The van der Waals surface area contributed by atoms with Gasteiger partial charge in [-0.15, -0.1) is 11.3 Å². The third-order valence-corrected chi connectivity index (χ3v) is 15.9. The lowest BCUT2D eigenvalue weighted by Gasteiger charge is -2.24. The second-order valence-corrected chi connectivity index (χ2v) is 19.2. The van der Waals surface area contributed by atoms with E-state index in [0.29, 0.717) is 39.6 Å². The molecule has 0 aliphatic carbocycles. The molecule has 0 saturated carbocycles. The number of hydrogen-bond acceptors (Lipinski definition) is 11. The minimum atomic E-state index is 0.649. The highest BCUT2D eigenvalue weighted by Gasteiger charge is 2.35. The smallest absolute Gasteiger partial charge is 0.181 e. The van der Waals surface area contributed by atoms with Crippen molar-refractivity contribution in [1.29, 1.82) is 0 Å². The Hall–Kier alpha value is -2.44. The van der Waals surface area contributed by atoms with Crippen molar-refractivity contribution in [3.05, 3.63) is 0 Å². The van der Waals surface area contributed by atoms with Crippen LogP contribution in [0.15, 0.2) is 0 Å². The van der Waals surface area contributed by atoms with Gasteiger partial charge in [-0.05, 0) is 38.5 Å². The van der Waals surface area contributed by atoms with Crippen molar-refractivity contribution in [2.45, 2.75) is 119 Å². The summed E-state index contributed by atoms with van der Waals surface area (Å²) in [4.78, 5) is 0. The highest BCUT2D eigenvalue weighted by atomic mass is 32.9. The third-order valence-electron chi connectivity index (χ3n) is 9.80. The van der Waals surface area contributed by atoms with Crippen molar-refractivity contribution in [1.82, 2.24) is 0 Å². The van der Waals surface area contributed by atoms with Gasteiger partial charge in [0.2, 0.25) is 0 Å². The number of unbranched alkanes of at least 4 members (excludes halogenated alkanes) is 6. The molecule has 3 aromatic heterocycles. The average Bonchev–Trinajstić information content (AvgIpc) is 3.58. The molecule has 0 bridgehead atoms. The van der Waals surface area contributed by atoms with E-state index in [2.05, 4.69) is 41.5 Å². The first-order valence-electron chi connectivity index (χ1n) is 20.0. The predicted molar refractivity (Wildman–Crippen MR) is 234 cm³/mol. The topological polar surface area (TPSA) is 55.4 Å². The molecule has 288 valence electrons. The second-order valence-electron chi connectivity index (χ2n) is 13.8. The van der Waals surface area contributed by atoms with Crippen molar-refractivity contribution < 1.29 is 28.4 Å². The van der Waals surface area contributed by atoms with Crippen LogP contribution in [0.1, 0.15) is 119 Å². The van der Waals surface area contributed by atoms with Crippen molar-refractivity contribution >= 4 is 113 Å². The number of thiophene rings is 1. The predicted octanol–water partition coefficient (Wildman–Crippen LogP) is 15.4. The molecule has 0 spiro atoms. The first-order chi connectivity index (χ1) is 26.1. The van der Waals surface area contributed by atoms with E-state index in [4.69, 9.17) is 28.4 Å². The fourth-order valence-electron chi connectivity index (χ4n) is 6.89.